The topological polar surface area (TPSA) is 72.8 Å². The lowest BCUT2D eigenvalue weighted by Gasteiger charge is -2.22. The van der Waals surface area contributed by atoms with Crippen molar-refractivity contribution >= 4 is 17.5 Å². The van der Waals surface area contributed by atoms with Crippen LogP contribution in [0.15, 0.2) is 67.0 Å². The van der Waals surface area contributed by atoms with E-state index in [-0.39, 0.29) is 18.4 Å². The Bertz CT molecular complexity index is 1050. The molecule has 1 N–H and O–H groups in total. The SMILES string of the molecule is CCN(CC(=O)Nc1ccc2c(c1)OCCO2)C(=O)c1cccc(-n2cccc2)c1. The van der Waals surface area contributed by atoms with Crippen LogP contribution in [-0.2, 0) is 4.79 Å². The van der Waals surface area contributed by atoms with E-state index in [0.29, 0.717) is 42.5 Å². The maximum Gasteiger partial charge on any atom is 0.254 e. The second kappa shape index (κ2) is 8.73. The van der Waals surface area contributed by atoms with Crippen LogP contribution in [0.3, 0.4) is 0 Å². The molecule has 2 amide bonds. The van der Waals surface area contributed by atoms with Crippen molar-refractivity contribution in [3.63, 3.8) is 0 Å². The monoisotopic (exact) mass is 405 g/mol. The third kappa shape index (κ3) is 4.30. The van der Waals surface area contributed by atoms with E-state index in [1.54, 1.807) is 24.3 Å². The fourth-order valence-corrected chi connectivity index (χ4v) is 3.31. The molecular formula is C23H23N3O4. The summed E-state index contributed by atoms with van der Waals surface area (Å²) in [7, 11) is 0. The Labute approximate surface area is 174 Å². The maximum absolute atomic E-state index is 13.0. The number of amides is 2. The summed E-state index contributed by atoms with van der Waals surface area (Å²) in [5.74, 6) is 0.795. The number of fused-ring (bicyclic) bond motifs is 1. The van der Waals surface area contributed by atoms with Gasteiger partial charge in [-0.3, -0.25) is 9.59 Å². The van der Waals surface area contributed by atoms with Crippen molar-refractivity contribution in [2.24, 2.45) is 0 Å². The number of rotatable bonds is 6. The van der Waals surface area contributed by atoms with Crippen LogP contribution >= 0.6 is 0 Å². The van der Waals surface area contributed by atoms with Crippen molar-refractivity contribution in [2.75, 3.05) is 31.6 Å². The molecule has 0 bridgehead atoms. The first-order valence-corrected chi connectivity index (χ1v) is 9.86. The predicted octanol–water partition coefficient (Wildman–Crippen LogP) is 3.35. The molecule has 30 heavy (non-hydrogen) atoms. The third-order valence-corrected chi connectivity index (χ3v) is 4.83. The number of likely N-dealkylation sites (N-methyl/N-ethyl adjacent to an activating group) is 1. The van der Waals surface area contributed by atoms with Crippen LogP contribution in [0.4, 0.5) is 5.69 Å². The number of benzene rings is 2. The zero-order valence-corrected chi connectivity index (χ0v) is 16.7. The van der Waals surface area contributed by atoms with Gasteiger partial charge in [-0.25, -0.2) is 0 Å². The summed E-state index contributed by atoms with van der Waals surface area (Å²) in [6, 6.07) is 16.5. The van der Waals surface area contributed by atoms with Crippen molar-refractivity contribution < 1.29 is 19.1 Å². The van der Waals surface area contributed by atoms with E-state index in [4.69, 9.17) is 9.47 Å². The first-order valence-electron chi connectivity index (χ1n) is 9.86. The van der Waals surface area contributed by atoms with Crippen LogP contribution in [0.25, 0.3) is 5.69 Å². The molecule has 7 heteroatoms. The van der Waals surface area contributed by atoms with Crippen LogP contribution in [0.2, 0.25) is 0 Å². The number of nitrogens with one attached hydrogen (secondary N) is 1. The Morgan fingerprint density at radius 1 is 1.00 bits per heavy atom. The number of anilines is 1. The first-order chi connectivity index (χ1) is 14.6. The summed E-state index contributed by atoms with van der Waals surface area (Å²) in [5.41, 5.74) is 2.03. The van der Waals surface area contributed by atoms with Gasteiger partial charge in [-0.15, -0.1) is 0 Å². The standard InChI is InChI=1S/C23H23N3O4/c1-2-25(23(28)17-6-5-7-19(14-17)26-10-3-4-11-26)16-22(27)24-18-8-9-20-21(15-18)30-13-12-29-20/h3-11,14-15H,2,12-13,16H2,1H3,(H,24,27). The summed E-state index contributed by atoms with van der Waals surface area (Å²) < 4.78 is 13.0. The number of carbonyl (C=O) groups excluding carboxylic acids is 2. The van der Waals surface area contributed by atoms with Gasteiger partial charge < -0.3 is 24.3 Å². The third-order valence-electron chi connectivity index (χ3n) is 4.83. The van der Waals surface area contributed by atoms with E-state index < -0.39 is 0 Å². The number of hydrogen-bond acceptors (Lipinski definition) is 4. The molecule has 1 aliphatic heterocycles. The molecular weight excluding hydrogens is 382 g/mol. The van der Waals surface area contributed by atoms with Crippen LogP contribution in [-0.4, -0.2) is 47.6 Å². The summed E-state index contributed by atoms with van der Waals surface area (Å²) >= 11 is 0. The largest absolute Gasteiger partial charge is 0.486 e. The van der Waals surface area contributed by atoms with E-state index in [2.05, 4.69) is 5.32 Å². The highest BCUT2D eigenvalue weighted by molar-refractivity contribution is 5.99. The minimum atomic E-state index is -0.275. The average Bonchev–Trinajstić information content (AvgIpc) is 3.32. The normalized spacial score (nSPS) is 12.3. The van der Waals surface area contributed by atoms with Gasteiger partial charge in [0.2, 0.25) is 5.91 Å². The Hall–Kier alpha value is -3.74. The Balaban J connectivity index is 1.43. The van der Waals surface area contributed by atoms with Gasteiger partial charge in [0.1, 0.15) is 19.8 Å². The van der Waals surface area contributed by atoms with E-state index in [1.807, 2.05) is 54.2 Å². The minimum absolute atomic E-state index is 0.0441. The molecule has 0 saturated heterocycles. The fourth-order valence-electron chi connectivity index (χ4n) is 3.31. The molecule has 0 unspecified atom stereocenters. The van der Waals surface area contributed by atoms with Gasteiger partial charge in [0.05, 0.1) is 0 Å². The number of carbonyl (C=O) groups is 2. The van der Waals surface area contributed by atoms with Gasteiger partial charge in [0.25, 0.3) is 5.91 Å². The van der Waals surface area contributed by atoms with Crippen molar-refractivity contribution in [3.8, 4) is 17.2 Å². The highest BCUT2D eigenvalue weighted by Crippen LogP contribution is 2.32. The Morgan fingerprint density at radius 2 is 1.77 bits per heavy atom. The molecule has 0 atom stereocenters. The summed E-state index contributed by atoms with van der Waals surface area (Å²) in [4.78, 5) is 27.1. The molecule has 0 radical (unpaired) electrons. The van der Waals surface area contributed by atoms with Crippen LogP contribution in [0.5, 0.6) is 11.5 Å². The lowest BCUT2D eigenvalue weighted by Crippen LogP contribution is -2.37. The fraction of sp³-hybridized carbons (Fsp3) is 0.217. The van der Waals surface area contributed by atoms with Gasteiger partial charge in [-0.05, 0) is 49.4 Å². The number of nitrogens with zero attached hydrogens (tertiary/aromatic N) is 2. The summed E-state index contributed by atoms with van der Waals surface area (Å²) in [6.45, 7) is 3.21. The highest BCUT2D eigenvalue weighted by Gasteiger charge is 2.19. The second-order valence-corrected chi connectivity index (χ2v) is 6.87. The van der Waals surface area contributed by atoms with Crippen LogP contribution in [0.1, 0.15) is 17.3 Å². The molecule has 2 heterocycles. The smallest absolute Gasteiger partial charge is 0.254 e. The molecule has 1 aliphatic rings. The summed E-state index contributed by atoms with van der Waals surface area (Å²) in [6.07, 6.45) is 3.84. The molecule has 2 aromatic carbocycles. The van der Waals surface area contributed by atoms with Gasteiger partial charge >= 0.3 is 0 Å². The predicted molar refractivity (Wildman–Crippen MR) is 113 cm³/mol. The first kappa shape index (κ1) is 19.6. The Kier molecular flexibility index (Phi) is 5.70. The molecule has 0 fully saturated rings. The molecule has 154 valence electrons. The second-order valence-electron chi connectivity index (χ2n) is 6.87. The maximum atomic E-state index is 13.0. The molecule has 3 aromatic rings. The molecule has 1 aromatic heterocycles. The van der Waals surface area contributed by atoms with Crippen molar-refractivity contribution in [3.05, 3.63) is 72.6 Å². The lowest BCUT2D eigenvalue weighted by molar-refractivity contribution is -0.116. The van der Waals surface area contributed by atoms with Crippen molar-refractivity contribution in [1.29, 1.82) is 0 Å². The van der Waals surface area contributed by atoms with Gasteiger partial charge in [-0.1, -0.05) is 6.07 Å². The van der Waals surface area contributed by atoms with Crippen molar-refractivity contribution in [1.82, 2.24) is 9.47 Å². The van der Waals surface area contributed by atoms with Crippen LogP contribution in [0, 0.1) is 0 Å². The molecule has 0 saturated carbocycles. The lowest BCUT2D eigenvalue weighted by atomic mass is 10.1. The zero-order valence-electron chi connectivity index (χ0n) is 16.7. The highest BCUT2D eigenvalue weighted by atomic mass is 16.6. The number of hydrogen-bond donors (Lipinski definition) is 1. The Morgan fingerprint density at radius 3 is 2.53 bits per heavy atom. The molecule has 0 spiro atoms. The molecule has 4 rings (SSSR count). The molecule has 7 nitrogen and oxygen atoms in total. The number of aromatic nitrogens is 1. The van der Waals surface area contributed by atoms with E-state index in [1.165, 1.54) is 4.90 Å². The quantitative estimate of drug-likeness (QED) is 0.683. The zero-order chi connectivity index (χ0) is 20.9. The van der Waals surface area contributed by atoms with E-state index >= 15 is 0 Å². The van der Waals surface area contributed by atoms with Gasteiger partial charge in [0, 0.05) is 41.9 Å². The van der Waals surface area contributed by atoms with Crippen LogP contribution < -0.4 is 14.8 Å². The number of ether oxygens (including phenoxy) is 2. The van der Waals surface area contributed by atoms with Gasteiger partial charge in [0.15, 0.2) is 11.5 Å². The van der Waals surface area contributed by atoms with Gasteiger partial charge in [-0.2, -0.15) is 0 Å². The molecule has 0 aliphatic carbocycles. The van der Waals surface area contributed by atoms with E-state index in [9.17, 15) is 9.59 Å². The van der Waals surface area contributed by atoms with E-state index in [0.717, 1.165) is 5.69 Å². The summed E-state index contributed by atoms with van der Waals surface area (Å²) in [5, 5.41) is 2.82. The average molecular weight is 405 g/mol. The minimum Gasteiger partial charge on any atom is -0.486 e. The van der Waals surface area contributed by atoms with Crippen molar-refractivity contribution in [2.45, 2.75) is 6.92 Å².